The van der Waals surface area contributed by atoms with Crippen LogP contribution < -0.4 is 9.62 Å². The summed E-state index contributed by atoms with van der Waals surface area (Å²) in [5.74, 6) is -0.750. The van der Waals surface area contributed by atoms with Crippen molar-refractivity contribution in [1.29, 1.82) is 0 Å². The van der Waals surface area contributed by atoms with Crippen molar-refractivity contribution in [1.82, 2.24) is 0 Å². The van der Waals surface area contributed by atoms with Gasteiger partial charge in [0.2, 0.25) is 5.91 Å². The maximum Gasteiger partial charge on any atom is 0.417 e. The van der Waals surface area contributed by atoms with E-state index in [0.717, 1.165) is 12.1 Å². The first-order valence-electron chi connectivity index (χ1n) is 8.99. The Hall–Kier alpha value is -2.56. The topological polar surface area (TPSA) is 66.5 Å². The van der Waals surface area contributed by atoms with E-state index < -0.39 is 39.2 Å². The summed E-state index contributed by atoms with van der Waals surface area (Å²) in [7, 11) is -4.38. The van der Waals surface area contributed by atoms with Gasteiger partial charge in [-0.25, -0.2) is 8.42 Å². The van der Waals surface area contributed by atoms with Crippen molar-refractivity contribution in [2.24, 2.45) is 0 Å². The van der Waals surface area contributed by atoms with Gasteiger partial charge in [-0.1, -0.05) is 41.9 Å². The van der Waals surface area contributed by atoms with Crippen molar-refractivity contribution in [3.05, 3.63) is 87.9 Å². The van der Waals surface area contributed by atoms with Gasteiger partial charge in [-0.2, -0.15) is 13.2 Å². The molecule has 32 heavy (non-hydrogen) atoms. The SMILES string of the molecule is O=C(CN(c1ccc(Cl)c(C(F)(F)F)c1)S(=O)(=O)c1ccccc1)Nc1ccccc1Br. The molecule has 0 atom stereocenters. The van der Waals surface area contributed by atoms with Gasteiger partial charge in [0.25, 0.3) is 10.0 Å². The third-order valence-corrected chi connectivity index (χ3v) is 7.12. The molecule has 0 bridgehead atoms. The molecular weight excluding hydrogens is 533 g/mol. The first kappa shape index (κ1) is 24.1. The minimum atomic E-state index is -4.81. The molecule has 0 radical (unpaired) electrons. The summed E-state index contributed by atoms with van der Waals surface area (Å²) in [6.07, 6.45) is -4.81. The Labute approximate surface area is 196 Å². The number of anilines is 2. The van der Waals surface area contributed by atoms with Crippen LogP contribution in [-0.4, -0.2) is 20.9 Å². The molecule has 0 aliphatic carbocycles. The first-order chi connectivity index (χ1) is 15.0. The van der Waals surface area contributed by atoms with E-state index in [4.69, 9.17) is 11.6 Å². The van der Waals surface area contributed by atoms with E-state index in [1.54, 1.807) is 30.3 Å². The molecule has 1 N–H and O–H groups in total. The van der Waals surface area contributed by atoms with Crippen LogP contribution in [0.15, 0.2) is 82.2 Å². The molecule has 0 heterocycles. The molecule has 11 heteroatoms. The molecule has 3 aromatic carbocycles. The highest BCUT2D eigenvalue weighted by atomic mass is 79.9. The lowest BCUT2D eigenvalue weighted by Crippen LogP contribution is -2.38. The van der Waals surface area contributed by atoms with Crippen LogP contribution in [0.25, 0.3) is 0 Å². The minimum Gasteiger partial charge on any atom is -0.323 e. The standard InChI is InChI=1S/C21H15BrClF3N2O3S/c22-17-8-4-5-9-19(17)27-20(29)13-28(32(30,31)15-6-2-1-3-7-15)14-10-11-18(23)16(12-14)21(24,25)26/h1-12H,13H2,(H,27,29). The number of carbonyl (C=O) groups excluding carboxylic acids is 1. The van der Waals surface area contributed by atoms with Gasteiger partial charge in [-0.15, -0.1) is 0 Å². The van der Waals surface area contributed by atoms with Crippen LogP contribution in [0.2, 0.25) is 5.02 Å². The van der Waals surface area contributed by atoms with Gasteiger partial charge in [-0.3, -0.25) is 9.10 Å². The molecule has 0 spiro atoms. The Morgan fingerprint density at radius 2 is 1.62 bits per heavy atom. The molecule has 0 aromatic heterocycles. The van der Waals surface area contributed by atoms with Crippen LogP contribution in [0.1, 0.15) is 5.56 Å². The Balaban J connectivity index is 2.05. The van der Waals surface area contributed by atoms with E-state index in [0.29, 0.717) is 20.5 Å². The molecule has 0 fully saturated rings. The lowest BCUT2D eigenvalue weighted by molar-refractivity contribution is -0.137. The zero-order valence-electron chi connectivity index (χ0n) is 16.1. The number of benzene rings is 3. The number of rotatable bonds is 6. The number of sulfonamides is 1. The zero-order valence-corrected chi connectivity index (χ0v) is 19.3. The summed E-state index contributed by atoms with van der Waals surface area (Å²) in [6, 6.07) is 16.4. The molecule has 5 nitrogen and oxygen atoms in total. The Bertz CT molecular complexity index is 1240. The maximum absolute atomic E-state index is 13.4. The minimum absolute atomic E-state index is 0.183. The summed E-state index contributed by atoms with van der Waals surface area (Å²) in [5.41, 5.74) is -1.19. The normalized spacial score (nSPS) is 11.8. The van der Waals surface area contributed by atoms with E-state index >= 15 is 0 Å². The van der Waals surface area contributed by atoms with Gasteiger partial charge in [0.15, 0.2) is 0 Å². The van der Waals surface area contributed by atoms with Crippen LogP contribution in [0.5, 0.6) is 0 Å². The van der Waals surface area contributed by atoms with Crippen molar-refractivity contribution >= 4 is 54.8 Å². The molecule has 1 amide bonds. The lowest BCUT2D eigenvalue weighted by Gasteiger charge is -2.25. The van der Waals surface area contributed by atoms with Crippen LogP contribution in [0, 0.1) is 0 Å². The van der Waals surface area contributed by atoms with Gasteiger partial charge in [0.1, 0.15) is 6.54 Å². The molecule has 3 rings (SSSR count). The third-order valence-electron chi connectivity index (χ3n) is 4.31. The number of hydrogen-bond acceptors (Lipinski definition) is 3. The van der Waals surface area contributed by atoms with Crippen molar-refractivity contribution < 1.29 is 26.4 Å². The number of carbonyl (C=O) groups is 1. The van der Waals surface area contributed by atoms with Gasteiger partial charge in [0, 0.05) is 4.47 Å². The maximum atomic E-state index is 13.4. The van der Waals surface area contributed by atoms with Crippen LogP contribution >= 0.6 is 27.5 Å². The Morgan fingerprint density at radius 3 is 2.25 bits per heavy atom. The van der Waals surface area contributed by atoms with E-state index in [1.807, 2.05) is 0 Å². The molecule has 0 aliphatic heterocycles. The Kier molecular flexibility index (Phi) is 7.16. The average molecular weight is 548 g/mol. The highest BCUT2D eigenvalue weighted by Crippen LogP contribution is 2.38. The quantitative estimate of drug-likeness (QED) is 0.414. The van der Waals surface area contributed by atoms with Gasteiger partial charge >= 0.3 is 6.18 Å². The number of amides is 1. The molecule has 0 aliphatic rings. The zero-order chi connectivity index (χ0) is 23.5. The predicted molar refractivity (Wildman–Crippen MR) is 120 cm³/mol. The number of hydrogen-bond donors (Lipinski definition) is 1. The third kappa shape index (κ3) is 5.43. The summed E-state index contributed by atoms with van der Waals surface area (Å²) in [4.78, 5) is 12.5. The molecule has 0 saturated heterocycles. The Morgan fingerprint density at radius 1 is 1.00 bits per heavy atom. The smallest absolute Gasteiger partial charge is 0.323 e. The number of nitrogens with zero attached hydrogens (tertiary/aromatic N) is 1. The van der Waals surface area contributed by atoms with Crippen LogP contribution in [-0.2, 0) is 21.0 Å². The van der Waals surface area contributed by atoms with Crippen molar-refractivity contribution in [2.45, 2.75) is 11.1 Å². The second-order valence-electron chi connectivity index (χ2n) is 6.51. The highest BCUT2D eigenvalue weighted by Gasteiger charge is 2.35. The number of alkyl halides is 3. The average Bonchev–Trinajstić information content (AvgIpc) is 2.74. The number of nitrogens with one attached hydrogen (secondary N) is 1. The molecule has 0 unspecified atom stereocenters. The predicted octanol–water partition coefficient (Wildman–Crippen LogP) is 5.96. The summed E-state index contributed by atoms with van der Waals surface area (Å²) >= 11 is 8.94. The monoisotopic (exact) mass is 546 g/mol. The van der Waals surface area contributed by atoms with Crippen LogP contribution in [0.3, 0.4) is 0 Å². The summed E-state index contributed by atoms with van der Waals surface area (Å²) < 4.78 is 67.8. The molecule has 3 aromatic rings. The summed E-state index contributed by atoms with van der Waals surface area (Å²) in [6.45, 7) is -0.766. The number of para-hydroxylation sites is 1. The van der Waals surface area contributed by atoms with Gasteiger partial charge in [0.05, 0.1) is 26.9 Å². The molecule has 168 valence electrons. The van der Waals surface area contributed by atoms with E-state index in [9.17, 15) is 26.4 Å². The van der Waals surface area contributed by atoms with Gasteiger partial charge in [-0.05, 0) is 58.4 Å². The fraction of sp³-hybridized carbons (Fsp3) is 0.0952. The molecular formula is C21H15BrClF3N2O3S. The number of halogens is 5. The summed E-state index contributed by atoms with van der Waals surface area (Å²) in [5, 5.41) is 1.96. The highest BCUT2D eigenvalue weighted by molar-refractivity contribution is 9.10. The van der Waals surface area contributed by atoms with E-state index in [-0.39, 0.29) is 10.6 Å². The van der Waals surface area contributed by atoms with Crippen molar-refractivity contribution in [3.63, 3.8) is 0 Å². The largest absolute Gasteiger partial charge is 0.417 e. The van der Waals surface area contributed by atoms with E-state index in [2.05, 4.69) is 21.2 Å². The molecule has 0 saturated carbocycles. The first-order valence-corrected chi connectivity index (χ1v) is 11.6. The second-order valence-corrected chi connectivity index (χ2v) is 9.64. The van der Waals surface area contributed by atoms with Crippen molar-refractivity contribution in [2.75, 3.05) is 16.2 Å². The van der Waals surface area contributed by atoms with Crippen LogP contribution in [0.4, 0.5) is 24.5 Å². The van der Waals surface area contributed by atoms with E-state index in [1.165, 1.54) is 24.3 Å². The lowest BCUT2D eigenvalue weighted by atomic mass is 10.2. The van der Waals surface area contributed by atoms with Gasteiger partial charge < -0.3 is 5.32 Å². The fourth-order valence-corrected chi connectivity index (χ4v) is 4.85. The van der Waals surface area contributed by atoms with Crippen molar-refractivity contribution in [3.8, 4) is 0 Å². The fourth-order valence-electron chi connectivity index (χ4n) is 2.80. The second kappa shape index (κ2) is 9.51.